The highest BCUT2D eigenvalue weighted by molar-refractivity contribution is 5.88. The Bertz CT molecular complexity index is 734. The zero-order chi connectivity index (χ0) is 19.2. The van der Waals surface area contributed by atoms with E-state index in [1.807, 2.05) is 27.7 Å². The van der Waals surface area contributed by atoms with E-state index in [1.165, 1.54) is 21.9 Å². The number of nitrogens with one attached hydrogen (secondary N) is 1. The predicted molar refractivity (Wildman–Crippen MR) is 108 cm³/mol. The molecule has 0 bridgehead atoms. The van der Waals surface area contributed by atoms with Crippen LogP contribution in [-0.4, -0.2) is 24.3 Å². The predicted octanol–water partition coefficient (Wildman–Crippen LogP) is 4.58. The number of carbonyl (C=O) groups excluding carboxylic acids is 1. The number of hydrogen-bond donors (Lipinski definition) is 2. The van der Waals surface area contributed by atoms with Crippen LogP contribution in [0.2, 0.25) is 0 Å². The number of hydrogen-bond acceptors (Lipinski definition) is 3. The minimum atomic E-state index is -0.484. The third-order valence-corrected chi connectivity index (χ3v) is 4.29. The molecular formula is C22H32N2O2. The summed E-state index contributed by atoms with van der Waals surface area (Å²) in [5.74, 6) is 0. The maximum absolute atomic E-state index is 12.0. The molecule has 0 radical (unpaired) electrons. The van der Waals surface area contributed by atoms with Gasteiger partial charge in [-0.15, -0.1) is 0 Å². The Labute approximate surface area is 157 Å². The normalized spacial score (nSPS) is 12.8. The van der Waals surface area contributed by atoms with E-state index in [0.717, 1.165) is 32.2 Å². The van der Waals surface area contributed by atoms with Gasteiger partial charge in [-0.05, 0) is 81.8 Å². The molecule has 0 aliphatic rings. The van der Waals surface area contributed by atoms with Gasteiger partial charge in [0, 0.05) is 6.04 Å². The summed E-state index contributed by atoms with van der Waals surface area (Å²) in [6.45, 7) is 8.36. The zero-order valence-electron chi connectivity index (χ0n) is 16.5. The molecule has 4 nitrogen and oxygen atoms in total. The first kappa shape index (κ1) is 20.2. The molecule has 0 aromatic heterocycles. The summed E-state index contributed by atoms with van der Waals surface area (Å²) in [7, 11) is 0. The number of amides is 1. The molecule has 0 fully saturated rings. The summed E-state index contributed by atoms with van der Waals surface area (Å²) in [6, 6.07) is 12.9. The minimum Gasteiger partial charge on any atom is -0.444 e. The lowest BCUT2D eigenvalue weighted by atomic mass is 9.94. The number of nitrogens with two attached hydrogens (primary N) is 1. The summed E-state index contributed by atoms with van der Waals surface area (Å²) >= 11 is 0. The Morgan fingerprint density at radius 2 is 1.69 bits per heavy atom. The molecule has 0 aliphatic heterocycles. The summed E-state index contributed by atoms with van der Waals surface area (Å²) in [5.41, 5.74) is 7.74. The van der Waals surface area contributed by atoms with Crippen molar-refractivity contribution in [2.24, 2.45) is 5.73 Å². The Morgan fingerprint density at radius 1 is 1.08 bits per heavy atom. The zero-order valence-corrected chi connectivity index (χ0v) is 16.5. The fraction of sp³-hybridized carbons (Fsp3) is 0.500. The van der Waals surface area contributed by atoms with Gasteiger partial charge in [0.15, 0.2) is 0 Å². The topological polar surface area (TPSA) is 64.3 Å². The number of carbonyl (C=O) groups is 1. The molecule has 142 valence electrons. The largest absolute Gasteiger partial charge is 0.444 e. The number of unbranched alkanes of at least 4 members (excludes halogenated alkanes) is 1. The number of rotatable bonds is 7. The molecule has 2 rings (SSSR count). The first-order valence-electron chi connectivity index (χ1n) is 9.49. The van der Waals surface area contributed by atoms with Gasteiger partial charge in [-0.25, -0.2) is 4.79 Å². The highest BCUT2D eigenvalue weighted by Crippen LogP contribution is 2.25. The molecule has 0 aliphatic carbocycles. The summed E-state index contributed by atoms with van der Waals surface area (Å²) in [4.78, 5) is 12.0. The maximum atomic E-state index is 12.0. The van der Waals surface area contributed by atoms with E-state index < -0.39 is 5.60 Å². The second-order valence-electron chi connectivity index (χ2n) is 7.93. The molecule has 0 heterocycles. The molecule has 1 atom stereocenters. The quantitative estimate of drug-likeness (QED) is 0.714. The molecule has 1 amide bonds. The second kappa shape index (κ2) is 9.04. The first-order valence-corrected chi connectivity index (χ1v) is 9.49. The van der Waals surface area contributed by atoms with Crippen LogP contribution in [0.15, 0.2) is 36.4 Å². The van der Waals surface area contributed by atoms with Crippen molar-refractivity contribution in [2.45, 2.75) is 65.0 Å². The lowest BCUT2D eigenvalue weighted by molar-refractivity contribution is 0.0508. The number of alkyl carbamates (subject to hydrolysis) is 1. The lowest BCUT2D eigenvalue weighted by Gasteiger charge is -2.22. The van der Waals surface area contributed by atoms with Gasteiger partial charge in [-0.1, -0.05) is 36.4 Å². The molecule has 0 saturated heterocycles. The average molecular weight is 357 g/mol. The van der Waals surface area contributed by atoms with Crippen molar-refractivity contribution in [3.05, 3.63) is 47.5 Å². The standard InChI is InChI=1S/C22H32N2O2/c1-16(24-21(25)26-22(2,3)4)15-18-13-12-17(9-7-8-14-23)19-10-5-6-11-20(18)19/h5-6,10-13,16H,7-9,14-15,23H2,1-4H3,(H,24,25). The average Bonchev–Trinajstić information content (AvgIpc) is 2.55. The smallest absolute Gasteiger partial charge is 0.407 e. The fourth-order valence-electron chi connectivity index (χ4n) is 3.17. The molecule has 3 N–H and O–H groups in total. The van der Waals surface area contributed by atoms with E-state index >= 15 is 0 Å². The van der Waals surface area contributed by atoms with Gasteiger partial charge in [0.25, 0.3) is 0 Å². The van der Waals surface area contributed by atoms with E-state index in [0.29, 0.717) is 0 Å². The summed E-state index contributed by atoms with van der Waals surface area (Å²) < 4.78 is 5.35. The molecule has 0 spiro atoms. The van der Waals surface area contributed by atoms with Crippen molar-refractivity contribution in [1.29, 1.82) is 0 Å². The molecule has 2 aromatic carbocycles. The number of fused-ring (bicyclic) bond motifs is 1. The van der Waals surface area contributed by atoms with Crippen LogP contribution in [0.4, 0.5) is 4.79 Å². The van der Waals surface area contributed by atoms with Crippen LogP contribution in [0.25, 0.3) is 10.8 Å². The molecular weight excluding hydrogens is 324 g/mol. The third-order valence-electron chi connectivity index (χ3n) is 4.29. The van der Waals surface area contributed by atoms with E-state index in [4.69, 9.17) is 10.5 Å². The van der Waals surface area contributed by atoms with Crippen LogP contribution < -0.4 is 11.1 Å². The molecule has 26 heavy (non-hydrogen) atoms. The molecule has 2 aromatic rings. The van der Waals surface area contributed by atoms with Crippen LogP contribution in [0.1, 0.15) is 51.7 Å². The Balaban J connectivity index is 2.12. The Kier molecular flexibility index (Phi) is 7.04. The van der Waals surface area contributed by atoms with Gasteiger partial charge in [0.05, 0.1) is 0 Å². The van der Waals surface area contributed by atoms with Crippen molar-refractivity contribution in [3.63, 3.8) is 0 Å². The summed E-state index contributed by atoms with van der Waals surface area (Å²) in [6.07, 6.45) is 3.60. The monoisotopic (exact) mass is 356 g/mol. The van der Waals surface area contributed by atoms with Crippen molar-refractivity contribution in [3.8, 4) is 0 Å². The van der Waals surface area contributed by atoms with Gasteiger partial charge in [0.1, 0.15) is 5.60 Å². The van der Waals surface area contributed by atoms with Gasteiger partial charge in [-0.2, -0.15) is 0 Å². The number of ether oxygens (including phenoxy) is 1. The number of benzene rings is 2. The van der Waals surface area contributed by atoms with Crippen molar-refractivity contribution in [2.75, 3.05) is 6.54 Å². The van der Waals surface area contributed by atoms with Gasteiger partial charge in [0.2, 0.25) is 0 Å². The number of aryl methyl sites for hydroxylation is 1. The van der Waals surface area contributed by atoms with Crippen molar-refractivity contribution in [1.82, 2.24) is 5.32 Å². The van der Waals surface area contributed by atoms with Crippen molar-refractivity contribution < 1.29 is 9.53 Å². The highest BCUT2D eigenvalue weighted by Gasteiger charge is 2.18. The third kappa shape index (κ3) is 6.03. The lowest BCUT2D eigenvalue weighted by Crippen LogP contribution is -2.38. The van der Waals surface area contributed by atoms with E-state index in [-0.39, 0.29) is 12.1 Å². The van der Waals surface area contributed by atoms with Gasteiger partial charge >= 0.3 is 6.09 Å². The minimum absolute atomic E-state index is 0.00338. The van der Waals surface area contributed by atoms with Gasteiger partial charge in [-0.3, -0.25) is 0 Å². The molecule has 1 unspecified atom stereocenters. The Morgan fingerprint density at radius 3 is 2.31 bits per heavy atom. The maximum Gasteiger partial charge on any atom is 0.407 e. The fourth-order valence-corrected chi connectivity index (χ4v) is 3.17. The van der Waals surface area contributed by atoms with Crippen molar-refractivity contribution >= 4 is 16.9 Å². The van der Waals surface area contributed by atoms with E-state index in [2.05, 4.69) is 41.7 Å². The first-order chi connectivity index (χ1) is 12.3. The van der Waals surface area contributed by atoms with E-state index in [1.54, 1.807) is 0 Å². The van der Waals surface area contributed by atoms with Crippen LogP contribution in [0, 0.1) is 0 Å². The molecule has 0 saturated carbocycles. The molecule has 4 heteroatoms. The van der Waals surface area contributed by atoms with Crippen LogP contribution in [-0.2, 0) is 17.6 Å². The second-order valence-corrected chi connectivity index (χ2v) is 7.93. The van der Waals surface area contributed by atoms with Gasteiger partial charge < -0.3 is 15.8 Å². The van der Waals surface area contributed by atoms with E-state index in [9.17, 15) is 4.79 Å². The van der Waals surface area contributed by atoms with Crippen LogP contribution in [0.5, 0.6) is 0 Å². The SMILES string of the molecule is CC(Cc1ccc(CCCCN)c2ccccc12)NC(=O)OC(C)(C)C. The van der Waals surface area contributed by atoms with Crippen LogP contribution in [0.3, 0.4) is 0 Å². The highest BCUT2D eigenvalue weighted by atomic mass is 16.6. The van der Waals surface area contributed by atoms with Crippen LogP contribution >= 0.6 is 0 Å². The Hall–Kier alpha value is -2.07. The summed E-state index contributed by atoms with van der Waals surface area (Å²) in [5, 5.41) is 5.49.